The largest absolute Gasteiger partial charge is 0.466 e. The van der Waals surface area contributed by atoms with Gasteiger partial charge in [0, 0.05) is 10.9 Å². The number of carbonyl (C=O) groups is 1. The second-order valence-electron chi connectivity index (χ2n) is 5.41. The molecule has 1 N–H and O–H groups in total. The molecule has 2 rings (SSSR count). The first-order valence-corrected chi connectivity index (χ1v) is 7.95. The van der Waals surface area contributed by atoms with Gasteiger partial charge in [0.1, 0.15) is 0 Å². The van der Waals surface area contributed by atoms with E-state index in [1.165, 1.54) is 5.56 Å². The topological polar surface area (TPSA) is 46.5 Å². The van der Waals surface area contributed by atoms with Gasteiger partial charge in [0.2, 0.25) is 0 Å². The Bertz CT molecular complexity index is 500. The molecule has 0 fully saturated rings. The minimum atomic E-state index is -0.984. The van der Waals surface area contributed by atoms with E-state index >= 15 is 0 Å². The van der Waals surface area contributed by atoms with Gasteiger partial charge in [0.05, 0.1) is 18.1 Å². The lowest BCUT2D eigenvalue weighted by Crippen LogP contribution is -2.47. The van der Waals surface area contributed by atoms with E-state index in [-0.39, 0.29) is 5.97 Å². The molecule has 1 aliphatic rings. The summed E-state index contributed by atoms with van der Waals surface area (Å²) in [5, 5.41) is 10.9. The summed E-state index contributed by atoms with van der Waals surface area (Å²) in [6.45, 7) is 4.08. The van der Waals surface area contributed by atoms with Gasteiger partial charge in [-0.2, -0.15) is 0 Å². The lowest BCUT2D eigenvalue weighted by Gasteiger charge is -2.38. The van der Waals surface area contributed by atoms with Crippen LogP contribution in [0, 0.1) is 5.92 Å². The molecular formula is C16H21BrO3. The summed E-state index contributed by atoms with van der Waals surface area (Å²) in [7, 11) is 0. The van der Waals surface area contributed by atoms with Crippen LogP contribution in [0.3, 0.4) is 0 Å². The zero-order valence-corrected chi connectivity index (χ0v) is 13.6. The number of esters is 1. The third kappa shape index (κ3) is 3.07. The molecule has 0 aliphatic heterocycles. The van der Waals surface area contributed by atoms with Crippen LogP contribution >= 0.6 is 15.9 Å². The average molecular weight is 341 g/mol. The average Bonchev–Trinajstić information content (AvgIpc) is 2.40. The molecule has 1 aromatic rings. The van der Waals surface area contributed by atoms with E-state index in [9.17, 15) is 9.90 Å². The van der Waals surface area contributed by atoms with E-state index in [1.807, 2.05) is 19.1 Å². The van der Waals surface area contributed by atoms with E-state index in [0.717, 1.165) is 16.5 Å². The number of hydrogen-bond donors (Lipinski definition) is 1. The SMILES string of the molecule is CCOC(=O)C(CC)C1(O)CCc2cc(Br)ccc2C1. The molecule has 2 unspecified atom stereocenters. The molecule has 0 heterocycles. The lowest BCUT2D eigenvalue weighted by molar-refractivity contribution is -0.159. The van der Waals surface area contributed by atoms with Crippen LogP contribution in [0.15, 0.2) is 22.7 Å². The van der Waals surface area contributed by atoms with Crippen LogP contribution in [0.25, 0.3) is 0 Å². The minimum Gasteiger partial charge on any atom is -0.466 e. The number of hydrogen-bond acceptors (Lipinski definition) is 3. The molecule has 3 nitrogen and oxygen atoms in total. The normalized spacial score (nSPS) is 23.0. The summed E-state index contributed by atoms with van der Waals surface area (Å²) < 4.78 is 6.17. The first kappa shape index (κ1) is 15.5. The van der Waals surface area contributed by atoms with E-state index in [1.54, 1.807) is 6.92 Å². The number of benzene rings is 1. The number of ether oxygens (including phenoxy) is 1. The summed E-state index contributed by atoms with van der Waals surface area (Å²) in [5.74, 6) is -0.725. The maximum Gasteiger partial charge on any atom is 0.311 e. The van der Waals surface area contributed by atoms with Gasteiger partial charge in [-0.15, -0.1) is 0 Å². The van der Waals surface area contributed by atoms with Crippen molar-refractivity contribution in [2.24, 2.45) is 5.92 Å². The molecule has 0 radical (unpaired) electrons. The smallest absolute Gasteiger partial charge is 0.311 e. The van der Waals surface area contributed by atoms with Gasteiger partial charge in [-0.05, 0) is 49.4 Å². The number of fused-ring (bicyclic) bond motifs is 1. The number of carbonyl (C=O) groups excluding carboxylic acids is 1. The molecule has 1 aliphatic carbocycles. The van der Waals surface area contributed by atoms with Crippen LogP contribution in [0.4, 0.5) is 0 Å². The van der Waals surface area contributed by atoms with E-state index in [2.05, 4.69) is 22.0 Å². The fourth-order valence-electron chi connectivity index (χ4n) is 3.08. The van der Waals surface area contributed by atoms with Gasteiger partial charge in [0.15, 0.2) is 0 Å². The van der Waals surface area contributed by atoms with Crippen molar-refractivity contribution in [1.29, 1.82) is 0 Å². The molecule has 1 aromatic carbocycles. The first-order chi connectivity index (χ1) is 9.50. The summed E-state index contributed by atoms with van der Waals surface area (Å²) in [5.41, 5.74) is 1.40. The third-order valence-electron chi connectivity index (χ3n) is 4.12. The van der Waals surface area contributed by atoms with Gasteiger partial charge in [-0.1, -0.05) is 28.9 Å². The Morgan fingerprint density at radius 2 is 2.20 bits per heavy atom. The predicted octanol–water partition coefficient (Wildman–Crippen LogP) is 3.26. The van der Waals surface area contributed by atoms with Crippen molar-refractivity contribution in [2.75, 3.05) is 6.61 Å². The first-order valence-electron chi connectivity index (χ1n) is 7.16. The lowest BCUT2D eigenvalue weighted by atomic mass is 9.72. The molecule has 0 amide bonds. The standard InChI is InChI=1S/C16H21BrO3/c1-3-14(15(18)20-4-2)16(19)8-7-11-9-13(17)6-5-12(11)10-16/h5-6,9,14,19H,3-4,7-8,10H2,1-2H3. The van der Waals surface area contributed by atoms with E-state index < -0.39 is 11.5 Å². The highest BCUT2D eigenvalue weighted by atomic mass is 79.9. The molecule has 110 valence electrons. The third-order valence-corrected chi connectivity index (χ3v) is 4.61. The van der Waals surface area contributed by atoms with Crippen LogP contribution in [-0.4, -0.2) is 23.3 Å². The quantitative estimate of drug-likeness (QED) is 0.855. The monoisotopic (exact) mass is 340 g/mol. The summed E-state index contributed by atoms with van der Waals surface area (Å²) in [4.78, 5) is 12.1. The number of rotatable bonds is 4. The Labute approximate surface area is 128 Å². The van der Waals surface area contributed by atoms with Gasteiger partial charge >= 0.3 is 5.97 Å². The highest BCUT2D eigenvalue weighted by molar-refractivity contribution is 9.10. The molecule has 20 heavy (non-hydrogen) atoms. The summed E-state index contributed by atoms with van der Waals surface area (Å²) in [6, 6.07) is 6.11. The Morgan fingerprint density at radius 1 is 1.45 bits per heavy atom. The van der Waals surface area contributed by atoms with Crippen LogP contribution < -0.4 is 0 Å². The van der Waals surface area contributed by atoms with Gasteiger partial charge in [-0.3, -0.25) is 4.79 Å². The highest BCUT2D eigenvalue weighted by Gasteiger charge is 2.43. The molecule has 0 bridgehead atoms. The van der Waals surface area contributed by atoms with Crippen molar-refractivity contribution in [3.05, 3.63) is 33.8 Å². The van der Waals surface area contributed by atoms with Crippen molar-refractivity contribution < 1.29 is 14.6 Å². The van der Waals surface area contributed by atoms with Crippen molar-refractivity contribution >= 4 is 21.9 Å². The van der Waals surface area contributed by atoms with Gasteiger partial charge in [0.25, 0.3) is 0 Å². The summed E-state index contributed by atoms with van der Waals surface area (Å²) >= 11 is 3.47. The molecule has 0 aromatic heterocycles. The fraction of sp³-hybridized carbons (Fsp3) is 0.562. The van der Waals surface area contributed by atoms with Crippen LogP contribution in [0.1, 0.15) is 37.8 Å². The Balaban J connectivity index is 2.23. The number of aliphatic hydroxyl groups is 1. The Hall–Kier alpha value is -0.870. The second kappa shape index (κ2) is 6.27. The van der Waals surface area contributed by atoms with Gasteiger partial charge in [-0.25, -0.2) is 0 Å². The zero-order valence-electron chi connectivity index (χ0n) is 12.0. The molecule has 0 saturated heterocycles. The molecule has 0 saturated carbocycles. The molecule has 2 atom stereocenters. The predicted molar refractivity (Wildman–Crippen MR) is 81.5 cm³/mol. The van der Waals surface area contributed by atoms with Crippen molar-refractivity contribution in [2.45, 2.75) is 45.1 Å². The number of aryl methyl sites for hydroxylation is 1. The van der Waals surface area contributed by atoms with Crippen LogP contribution in [0.5, 0.6) is 0 Å². The van der Waals surface area contributed by atoms with Crippen molar-refractivity contribution in [3.63, 3.8) is 0 Å². The maximum atomic E-state index is 12.1. The van der Waals surface area contributed by atoms with Gasteiger partial charge < -0.3 is 9.84 Å². The maximum absolute atomic E-state index is 12.1. The fourth-order valence-corrected chi connectivity index (χ4v) is 3.48. The van der Waals surface area contributed by atoms with Crippen LogP contribution in [-0.2, 0) is 22.4 Å². The number of halogens is 1. The molecule has 0 spiro atoms. The van der Waals surface area contributed by atoms with E-state index in [4.69, 9.17) is 4.74 Å². The highest BCUT2D eigenvalue weighted by Crippen LogP contribution is 2.37. The zero-order chi connectivity index (χ0) is 14.8. The molecular weight excluding hydrogens is 320 g/mol. The summed E-state index contributed by atoms with van der Waals surface area (Å²) in [6.07, 6.45) is 2.52. The Kier molecular flexibility index (Phi) is 4.86. The minimum absolute atomic E-state index is 0.280. The second-order valence-corrected chi connectivity index (χ2v) is 6.32. The molecule has 4 heteroatoms. The van der Waals surface area contributed by atoms with Crippen molar-refractivity contribution in [1.82, 2.24) is 0 Å². The van der Waals surface area contributed by atoms with E-state index in [0.29, 0.717) is 25.9 Å². The van der Waals surface area contributed by atoms with Crippen LogP contribution in [0.2, 0.25) is 0 Å². The van der Waals surface area contributed by atoms with Crippen molar-refractivity contribution in [3.8, 4) is 0 Å². The Morgan fingerprint density at radius 3 is 2.85 bits per heavy atom.